The van der Waals surface area contributed by atoms with E-state index in [9.17, 15) is 14.4 Å². The molecule has 146 valence electrons. The topological polar surface area (TPSA) is 121 Å². The third-order valence-corrected chi connectivity index (χ3v) is 2.70. The molecule has 0 rings (SSSR count). The first-order valence-electron chi connectivity index (χ1n) is 8.47. The molecule has 0 bridgehead atoms. The summed E-state index contributed by atoms with van der Waals surface area (Å²) in [7, 11) is 0. The van der Waals surface area contributed by atoms with Gasteiger partial charge in [-0.1, -0.05) is 0 Å². The van der Waals surface area contributed by atoms with E-state index in [1.807, 2.05) is 13.8 Å². The molecular weight excluding hydrogens is 326 g/mol. The number of hydrogen-bond acceptors (Lipinski definition) is 4. The summed E-state index contributed by atoms with van der Waals surface area (Å²) in [6, 6.07) is -1.14. The molecule has 0 unspecified atom stereocenters. The fourth-order valence-electron chi connectivity index (χ4n) is 1.69. The molecule has 0 aromatic rings. The number of amides is 5. The van der Waals surface area contributed by atoms with Crippen LogP contribution >= 0.6 is 0 Å². The minimum absolute atomic E-state index is 0.0468. The van der Waals surface area contributed by atoms with Gasteiger partial charge in [0.15, 0.2) is 0 Å². The van der Waals surface area contributed by atoms with Crippen molar-refractivity contribution in [3.05, 3.63) is 0 Å². The average Bonchev–Trinajstić information content (AvgIpc) is 2.40. The number of carbonyl (C=O) groups excluding carboxylic acids is 3. The van der Waals surface area contributed by atoms with Gasteiger partial charge in [0.1, 0.15) is 5.60 Å². The summed E-state index contributed by atoms with van der Waals surface area (Å²) in [5, 5.41) is 13.3. The maximum Gasteiger partial charge on any atom is 0.407 e. The zero-order valence-electron chi connectivity index (χ0n) is 16.3. The van der Waals surface area contributed by atoms with Crippen molar-refractivity contribution in [3.8, 4) is 0 Å². The maximum absolute atomic E-state index is 11.8. The molecule has 5 N–H and O–H groups in total. The smallest absolute Gasteiger partial charge is 0.407 e. The molecule has 0 aromatic heterocycles. The van der Waals surface area contributed by atoms with Crippen LogP contribution < -0.4 is 26.6 Å². The lowest BCUT2D eigenvalue weighted by Crippen LogP contribution is -2.51. The Bertz CT molecular complexity index is 448. The predicted molar refractivity (Wildman–Crippen MR) is 96.5 cm³/mol. The molecule has 0 radical (unpaired) electrons. The van der Waals surface area contributed by atoms with Gasteiger partial charge in [-0.2, -0.15) is 0 Å². The first-order chi connectivity index (χ1) is 11.4. The third-order valence-electron chi connectivity index (χ3n) is 2.70. The molecule has 0 saturated carbocycles. The molecule has 9 heteroatoms. The van der Waals surface area contributed by atoms with Crippen molar-refractivity contribution >= 4 is 18.2 Å². The van der Waals surface area contributed by atoms with Crippen molar-refractivity contribution in [2.45, 2.75) is 72.2 Å². The number of ether oxygens (including phenoxy) is 1. The van der Waals surface area contributed by atoms with E-state index >= 15 is 0 Å². The number of urea groups is 2. The molecule has 0 aliphatic carbocycles. The number of hydrogen-bond donors (Lipinski definition) is 5. The fraction of sp³-hybridized carbons (Fsp3) is 0.812. The van der Waals surface area contributed by atoms with Crippen LogP contribution in [0, 0.1) is 0 Å². The Morgan fingerprint density at radius 3 is 1.68 bits per heavy atom. The number of alkyl carbamates (subject to hydrolysis) is 1. The second-order valence-electron chi connectivity index (χ2n) is 7.31. The highest BCUT2D eigenvalue weighted by Crippen LogP contribution is 2.06. The van der Waals surface area contributed by atoms with Crippen LogP contribution in [0.15, 0.2) is 0 Å². The van der Waals surface area contributed by atoms with Crippen molar-refractivity contribution in [3.63, 3.8) is 0 Å². The minimum Gasteiger partial charge on any atom is -0.444 e. The third kappa shape index (κ3) is 13.9. The lowest BCUT2D eigenvalue weighted by molar-refractivity contribution is 0.0508. The molecule has 0 fully saturated rings. The Balaban J connectivity index is 3.98. The molecule has 25 heavy (non-hydrogen) atoms. The molecule has 0 aliphatic rings. The van der Waals surface area contributed by atoms with E-state index in [-0.39, 0.29) is 36.7 Å². The molecule has 0 spiro atoms. The van der Waals surface area contributed by atoms with Crippen LogP contribution in [0.2, 0.25) is 0 Å². The van der Waals surface area contributed by atoms with Crippen LogP contribution in [0.1, 0.15) is 48.5 Å². The number of nitrogens with one attached hydrogen (secondary N) is 5. The molecular formula is C16H33N5O4. The molecule has 5 amide bonds. The summed E-state index contributed by atoms with van der Waals surface area (Å²) in [5.41, 5.74) is -0.571. The van der Waals surface area contributed by atoms with Crippen LogP contribution in [0.3, 0.4) is 0 Å². The Hall–Kier alpha value is -2.19. The van der Waals surface area contributed by atoms with Crippen molar-refractivity contribution < 1.29 is 19.1 Å². The SMILES string of the molecule is CC(C)NC(=O)NC[C@H](C)NC(=O)NC[C@H](C)NC(=O)OC(C)(C)C. The largest absolute Gasteiger partial charge is 0.444 e. The molecule has 9 nitrogen and oxygen atoms in total. The first kappa shape index (κ1) is 22.8. The Morgan fingerprint density at radius 2 is 1.24 bits per heavy atom. The van der Waals surface area contributed by atoms with Crippen molar-refractivity contribution in [1.82, 2.24) is 26.6 Å². The Kier molecular flexibility index (Phi) is 9.70. The summed E-state index contributed by atoms with van der Waals surface area (Å²) >= 11 is 0. The van der Waals surface area contributed by atoms with Gasteiger partial charge in [0, 0.05) is 31.2 Å². The first-order valence-corrected chi connectivity index (χ1v) is 8.47. The van der Waals surface area contributed by atoms with Crippen molar-refractivity contribution in [2.24, 2.45) is 0 Å². The van der Waals surface area contributed by atoms with E-state index in [1.165, 1.54) is 0 Å². The van der Waals surface area contributed by atoms with Crippen LogP contribution in [0.5, 0.6) is 0 Å². The summed E-state index contributed by atoms with van der Waals surface area (Å²) in [6.07, 6.45) is -0.532. The molecule has 2 atom stereocenters. The summed E-state index contributed by atoms with van der Waals surface area (Å²) in [4.78, 5) is 34.9. The predicted octanol–water partition coefficient (Wildman–Crippen LogP) is 1.29. The highest BCUT2D eigenvalue weighted by atomic mass is 16.6. The van der Waals surface area contributed by atoms with Gasteiger partial charge < -0.3 is 31.3 Å². The quantitative estimate of drug-likeness (QED) is 0.470. The Labute approximate surface area is 150 Å². The highest BCUT2D eigenvalue weighted by Gasteiger charge is 2.18. The Morgan fingerprint density at radius 1 is 0.800 bits per heavy atom. The van der Waals surface area contributed by atoms with Crippen LogP contribution in [0.4, 0.5) is 14.4 Å². The highest BCUT2D eigenvalue weighted by molar-refractivity contribution is 5.75. The standard InChI is InChI=1S/C16H33N5O4/c1-10(2)19-13(22)17-8-11(3)20-14(23)18-9-12(4)21-15(24)25-16(5,6)7/h10-12H,8-9H2,1-7H3,(H,21,24)(H2,17,19,22)(H2,18,20,23)/t11-,12-/m0/s1. The zero-order valence-corrected chi connectivity index (χ0v) is 16.3. The normalized spacial score (nSPS) is 13.4. The maximum atomic E-state index is 11.8. The van der Waals surface area contributed by atoms with Crippen molar-refractivity contribution in [2.75, 3.05) is 13.1 Å². The summed E-state index contributed by atoms with van der Waals surface area (Å²) < 4.78 is 5.14. The monoisotopic (exact) mass is 359 g/mol. The zero-order chi connectivity index (χ0) is 19.6. The summed E-state index contributed by atoms with van der Waals surface area (Å²) in [5.74, 6) is 0. The molecule has 0 heterocycles. The number of rotatable bonds is 7. The minimum atomic E-state index is -0.571. The molecule has 0 aliphatic heterocycles. The lowest BCUT2D eigenvalue weighted by atomic mass is 10.2. The van der Waals surface area contributed by atoms with Gasteiger partial charge in [-0.25, -0.2) is 14.4 Å². The van der Waals surface area contributed by atoms with Gasteiger partial charge >= 0.3 is 18.2 Å². The van der Waals surface area contributed by atoms with Crippen LogP contribution in [0.25, 0.3) is 0 Å². The van der Waals surface area contributed by atoms with E-state index in [4.69, 9.17) is 4.74 Å². The van der Waals surface area contributed by atoms with Gasteiger partial charge in [-0.3, -0.25) is 0 Å². The average molecular weight is 359 g/mol. The second-order valence-corrected chi connectivity index (χ2v) is 7.31. The lowest BCUT2D eigenvalue weighted by Gasteiger charge is -2.22. The second kappa shape index (κ2) is 10.6. The van der Waals surface area contributed by atoms with E-state index in [0.29, 0.717) is 6.54 Å². The van der Waals surface area contributed by atoms with E-state index in [1.54, 1.807) is 34.6 Å². The van der Waals surface area contributed by atoms with Crippen LogP contribution in [-0.4, -0.2) is 55.0 Å². The molecule has 0 saturated heterocycles. The van der Waals surface area contributed by atoms with E-state index in [0.717, 1.165) is 0 Å². The van der Waals surface area contributed by atoms with Crippen molar-refractivity contribution in [1.29, 1.82) is 0 Å². The van der Waals surface area contributed by atoms with Gasteiger partial charge in [-0.15, -0.1) is 0 Å². The van der Waals surface area contributed by atoms with Gasteiger partial charge in [0.2, 0.25) is 0 Å². The van der Waals surface area contributed by atoms with Gasteiger partial charge in [0.25, 0.3) is 0 Å². The van der Waals surface area contributed by atoms with E-state index in [2.05, 4.69) is 26.6 Å². The fourth-order valence-corrected chi connectivity index (χ4v) is 1.69. The number of carbonyl (C=O) groups is 3. The summed E-state index contributed by atoms with van der Waals surface area (Å²) in [6.45, 7) is 13.1. The molecule has 0 aromatic carbocycles. The van der Waals surface area contributed by atoms with Gasteiger partial charge in [-0.05, 0) is 48.5 Å². The van der Waals surface area contributed by atoms with E-state index < -0.39 is 11.7 Å². The van der Waals surface area contributed by atoms with Crippen LogP contribution in [-0.2, 0) is 4.74 Å². The van der Waals surface area contributed by atoms with Gasteiger partial charge in [0.05, 0.1) is 0 Å².